The third kappa shape index (κ3) is 3.15. The van der Waals surface area contributed by atoms with E-state index in [4.69, 9.17) is 14.2 Å². The third-order valence-corrected chi connectivity index (χ3v) is 3.54. The van der Waals surface area contributed by atoms with Crippen LogP contribution in [0, 0.1) is 5.82 Å². The van der Waals surface area contributed by atoms with Crippen molar-refractivity contribution >= 4 is 5.91 Å². The third-order valence-electron chi connectivity index (χ3n) is 3.54. The number of fused-ring (bicyclic) bond motifs is 1. The molecular formula is C14H16FNO5. The van der Waals surface area contributed by atoms with Crippen LogP contribution in [0.3, 0.4) is 0 Å². The van der Waals surface area contributed by atoms with E-state index in [-0.39, 0.29) is 44.0 Å². The van der Waals surface area contributed by atoms with Gasteiger partial charge in [0.05, 0.1) is 19.3 Å². The Balaban J connectivity index is 1.49. The summed E-state index contributed by atoms with van der Waals surface area (Å²) in [6.45, 7) is 0.277. The highest BCUT2D eigenvalue weighted by Crippen LogP contribution is 2.26. The van der Waals surface area contributed by atoms with Crippen LogP contribution in [-0.4, -0.2) is 55.2 Å². The first kappa shape index (κ1) is 14.2. The van der Waals surface area contributed by atoms with Gasteiger partial charge < -0.3 is 24.6 Å². The molecule has 2 heterocycles. The van der Waals surface area contributed by atoms with Gasteiger partial charge in [0.15, 0.2) is 6.61 Å². The molecule has 3 rings (SSSR count). The maximum absolute atomic E-state index is 13.0. The number of nitrogens with one attached hydrogen (secondary N) is 1. The second kappa shape index (κ2) is 5.97. The van der Waals surface area contributed by atoms with Crippen molar-refractivity contribution in [3.05, 3.63) is 30.1 Å². The summed E-state index contributed by atoms with van der Waals surface area (Å²) < 4.78 is 29.0. The van der Waals surface area contributed by atoms with Crippen LogP contribution in [0.4, 0.5) is 4.39 Å². The maximum atomic E-state index is 13.0. The first-order chi connectivity index (χ1) is 10.1. The van der Waals surface area contributed by atoms with Crippen LogP contribution in [-0.2, 0) is 14.3 Å². The molecule has 1 aromatic carbocycles. The van der Waals surface area contributed by atoms with E-state index in [0.29, 0.717) is 5.75 Å². The zero-order chi connectivity index (χ0) is 14.8. The van der Waals surface area contributed by atoms with Crippen molar-refractivity contribution in [3.8, 4) is 5.75 Å². The van der Waals surface area contributed by atoms with E-state index in [1.165, 1.54) is 18.2 Å². The molecule has 114 valence electrons. The molecule has 0 spiro atoms. The monoisotopic (exact) mass is 297 g/mol. The fourth-order valence-corrected chi connectivity index (χ4v) is 2.56. The molecule has 2 N–H and O–H groups in total. The van der Waals surface area contributed by atoms with Crippen molar-refractivity contribution in [2.75, 3.05) is 19.8 Å². The number of halogens is 1. The van der Waals surface area contributed by atoms with E-state index in [2.05, 4.69) is 5.32 Å². The number of hydrogen-bond donors (Lipinski definition) is 2. The van der Waals surface area contributed by atoms with Gasteiger partial charge in [-0.1, -0.05) is 6.07 Å². The minimum atomic E-state index is -0.652. The summed E-state index contributed by atoms with van der Waals surface area (Å²) in [5.74, 6) is -0.481. The molecule has 0 aliphatic carbocycles. The Morgan fingerprint density at radius 1 is 1.38 bits per heavy atom. The molecule has 2 fully saturated rings. The van der Waals surface area contributed by atoms with Crippen molar-refractivity contribution in [1.82, 2.24) is 5.32 Å². The van der Waals surface area contributed by atoms with Crippen LogP contribution < -0.4 is 10.1 Å². The maximum Gasteiger partial charge on any atom is 0.258 e. The van der Waals surface area contributed by atoms with Gasteiger partial charge in [-0.25, -0.2) is 4.39 Å². The first-order valence-electron chi connectivity index (χ1n) is 6.72. The number of benzene rings is 1. The number of amides is 1. The smallest absolute Gasteiger partial charge is 0.258 e. The normalized spacial score (nSPS) is 31.0. The van der Waals surface area contributed by atoms with Gasteiger partial charge in [0.2, 0.25) is 0 Å². The summed E-state index contributed by atoms with van der Waals surface area (Å²) in [6.07, 6.45) is -1.38. The quantitative estimate of drug-likeness (QED) is 0.808. The molecule has 1 amide bonds. The Hall–Kier alpha value is -1.70. The van der Waals surface area contributed by atoms with Crippen molar-refractivity contribution in [2.45, 2.75) is 24.4 Å². The SMILES string of the molecule is O=C(COc1cccc(F)c1)N[C@H]1CO[C@H]2[C@@H]1OC[C@@H]2O. The van der Waals surface area contributed by atoms with Crippen LogP contribution >= 0.6 is 0 Å². The van der Waals surface area contributed by atoms with E-state index in [9.17, 15) is 14.3 Å². The lowest BCUT2D eigenvalue weighted by molar-refractivity contribution is -0.124. The van der Waals surface area contributed by atoms with Gasteiger partial charge in [0.1, 0.15) is 29.9 Å². The standard InChI is InChI=1S/C14H16FNO5/c15-8-2-1-3-9(4-8)19-7-12(18)16-10-5-20-14-11(17)6-21-13(10)14/h1-4,10-11,13-14,17H,5-7H2,(H,16,18)/t10-,11-,13+,14+/m0/s1. The Labute approximate surface area is 120 Å². The number of carbonyl (C=O) groups excluding carboxylic acids is 1. The van der Waals surface area contributed by atoms with E-state index >= 15 is 0 Å². The van der Waals surface area contributed by atoms with E-state index in [1.807, 2.05) is 0 Å². The predicted molar refractivity (Wildman–Crippen MR) is 69.3 cm³/mol. The zero-order valence-corrected chi connectivity index (χ0v) is 11.2. The molecular weight excluding hydrogens is 281 g/mol. The molecule has 2 aliphatic rings. The molecule has 2 aliphatic heterocycles. The van der Waals surface area contributed by atoms with Gasteiger partial charge in [-0.2, -0.15) is 0 Å². The largest absolute Gasteiger partial charge is 0.484 e. The van der Waals surface area contributed by atoms with Crippen LogP contribution in [0.15, 0.2) is 24.3 Å². The molecule has 0 radical (unpaired) electrons. The van der Waals surface area contributed by atoms with Crippen molar-refractivity contribution in [1.29, 1.82) is 0 Å². The van der Waals surface area contributed by atoms with Gasteiger partial charge in [0, 0.05) is 6.07 Å². The van der Waals surface area contributed by atoms with Crippen LogP contribution in [0.2, 0.25) is 0 Å². The fraction of sp³-hybridized carbons (Fsp3) is 0.500. The summed E-state index contributed by atoms with van der Waals surface area (Å²) in [5, 5.41) is 12.3. The molecule has 0 saturated carbocycles. The summed E-state index contributed by atoms with van der Waals surface area (Å²) in [4.78, 5) is 11.8. The molecule has 6 nitrogen and oxygen atoms in total. The summed E-state index contributed by atoms with van der Waals surface area (Å²) in [7, 11) is 0. The van der Waals surface area contributed by atoms with Gasteiger partial charge in [-0.15, -0.1) is 0 Å². The highest BCUT2D eigenvalue weighted by Gasteiger charge is 2.47. The van der Waals surface area contributed by atoms with Crippen molar-refractivity contribution < 1.29 is 28.5 Å². The molecule has 0 bridgehead atoms. The molecule has 0 aromatic heterocycles. The van der Waals surface area contributed by atoms with Gasteiger partial charge in [-0.05, 0) is 12.1 Å². The minimum Gasteiger partial charge on any atom is -0.484 e. The average Bonchev–Trinajstić information content (AvgIpc) is 3.01. The number of hydrogen-bond acceptors (Lipinski definition) is 5. The summed E-state index contributed by atoms with van der Waals surface area (Å²) >= 11 is 0. The molecule has 21 heavy (non-hydrogen) atoms. The zero-order valence-electron chi connectivity index (χ0n) is 11.2. The Kier molecular flexibility index (Phi) is 4.05. The van der Waals surface area contributed by atoms with E-state index in [0.717, 1.165) is 0 Å². The van der Waals surface area contributed by atoms with Crippen LogP contribution in [0.1, 0.15) is 0 Å². The topological polar surface area (TPSA) is 77.0 Å². The Morgan fingerprint density at radius 2 is 2.19 bits per heavy atom. The van der Waals surface area contributed by atoms with Crippen LogP contribution in [0.25, 0.3) is 0 Å². The molecule has 2 saturated heterocycles. The van der Waals surface area contributed by atoms with E-state index in [1.54, 1.807) is 6.07 Å². The van der Waals surface area contributed by atoms with Gasteiger partial charge in [0.25, 0.3) is 5.91 Å². The number of ether oxygens (including phenoxy) is 3. The van der Waals surface area contributed by atoms with E-state index < -0.39 is 11.9 Å². The Bertz CT molecular complexity index is 526. The Morgan fingerprint density at radius 3 is 3.00 bits per heavy atom. The summed E-state index contributed by atoms with van der Waals surface area (Å²) in [6, 6.07) is 5.27. The lowest BCUT2D eigenvalue weighted by atomic mass is 10.1. The van der Waals surface area contributed by atoms with Crippen molar-refractivity contribution in [2.24, 2.45) is 0 Å². The first-order valence-corrected chi connectivity index (χ1v) is 6.72. The number of aliphatic hydroxyl groups is 1. The minimum absolute atomic E-state index is 0.210. The molecule has 1 aromatic rings. The number of rotatable bonds is 4. The highest BCUT2D eigenvalue weighted by atomic mass is 19.1. The highest BCUT2D eigenvalue weighted by molar-refractivity contribution is 5.78. The fourth-order valence-electron chi connectivity index (χ4n) is 2.56. The average molecular weight is 297 g/mol. The lowest BCUT2D eigenvalue weighted by Crippen LogP contribution is -2.45. The predicted octanol–water partition coefficient (Wildman–Crippen LogP) is -0.152. The molecule has 4 atom stereocenters. The number of carbonyl (C=O) groups is 1. The van der Waals surface area contributed by atoms with Crippen LogP contribution in [0.5, 0.6) is 5.75 Å². The number of aliphatic hydroxyl groups excluding tert-OH is 1. The van der Waals surface area contributed by atoms with Gasteiger partial charge >= 0.3 is 0 Å². The lowest BCUT2D eigenvalue weighted by Gasteiger charge is -2.17. The molecule has 0 unspecified atom stereocenters. The second-order valence-corrected chi connectivity index (χ2v) is 5.08. The van der Waals surface area contributed by atoms with Crippen molar-refractivity contribution in [3.63, 3.8) is 0 Å². The summed E-state index contributed by atoms with van der Waals surface area (Å²) in [5.41, 5.74) is 0. The second-order valence-electron chi connectivity index (χ2n) is 5.08. The molecule has 7 heteroatoms. The van der Waals surface area contributed by atoms with Gasteiger partial charge in [-0.3, -0.25) is 4.79 Å².